The number of benzene rings is 1. The predicted octanol–water partition coefficient (Wildman–Crippen LogP) is 1.13. The van der Waals surface area contributed by atoms with Crippen LogP contribution in [0.15, 0.2) is 17.0 Å². The standard InChI is InChI=1S/C10H12FNO4S/c1-3-12-17(15,16)9-5-7(10(13)14)4-8(11)6(9)2/h4-5,12H,3H2,1-2H3,(H,13,14). The van der Waals surface area contributed by atoms with E-state index in [9.17, 15) is 17.6 Å². The van der Waals surface area contributed by atoms with Gasteiger partial charge in [-0.3, -0.25) is 0 Å². The third-order valence-electron chi connectivity index (χ3n) is 2.17. The summed E-state index contributed by atoms with van der Waals surface area (Å²) in [7, 11) is -3.87. The molecule has 5 nitrogen and oxygen atoms in total. The first-order valence-electron chi connectivity index (χ1n) is 4.82. The lowest BCUT2D eigenvalue weighted by Gasteiger charge is -2.09. The van der Waals surface area contributed by atoms with Gasteiger partial charge in [0.25, 0.3) is 0 Å². The Kier molecular flexibility index (Phi) is 3.84. The molecule has 0 amide bonds. The van der Waals surface area contributed by atoms with E-state index in [2.05, 4.69) is 4.72 Å². The average Bonchev–Trinajstić information content (AvgIpc) is 2.21. The number of carboxylic acid groups (broad SMARTS) is 1. The molecule has 1 rings (SSSR count). The van der Waals surface area contributed by atoms with E-state index in [4.69, 9.17) is 5.11 Å². The molecule has 0 bridgehead atoms. The molecule has 0 fully saturated rings. The molecule has 0 aliphatic rings. The highest BCUT2D eigenvalue weighted by atomic mass is 32.2. The first-order valence-corrected chi connectivity index (χ1v) is 6.31. The topological polar surface area (TPSA) is 83.5 Å². The molecule has 0 aliphatic heterocycles. The van der Waals surface area contributed by atoms with Gasteiger partial charge < -0.3 is 5.11 Å². The van der Waals surface area contributed by atoms with Gasteiger partial charge in [0.15, 0.2) is 0 Å². The number of nitrogens with one attached hydrogen (secondary N) is 1. The van der Waals surface area contributed by atoms with Gasteiger partial charge in [0.1, 0.15) is 5.82 Å². The molecule has 0 aromatic heterocycles. The Morgan fingerprint density at radius 2 is 2.06 bits per heavy atom. The Labute approximate surface area is 98.3 Å². The van der Waals surface area contributed by atoms with Crippen molar-refractivity contribution in [2.75, 3.05) is 6.54 Å². The number of hydrogen-bond donors (Lipinski definition) is 2. The number of hydrogen-bond acceptors (Lipinski definition) is 3. The van der Waals surface area contributed by atoms with E-state index in [-0.39, 0.29) is 17.0 Å². The molecule has 0 heterocycles. The maximum absolute atomic E-state index is 13.4. The molecule has 7 heteroatoms. The lowest BCUT2D eigenvalue weighted by Crippen LogP contribution is -2.24. The first kappa shape index (κ1) is 13.6. The van der Waals surface area contributed by atoms with Crippen LogP contribution in [0.25, 0.3) is 0 Å². The van der Waals surface area contributed by atoms with Gasteiger partial charge >= 0.3 is 5.97 Å². The maximum atomic E-state index is 13.4. The molecule has 0 spiro atoms. The van der Waals surface area contributed by atoms with E-state index in [0.717, 1.165) is 12.1 Å². The van der Waals surface area contributed by atoms with Crippen molar-refractivity contribution in [3.8, 4) is 0 Å². The highest BCUT2D eigenvalue weighted by molar-refractivity contribution is 7.89. The number of aromatic carboxylic acids is 1. The zero-order valence-electron chi connectivity index (χ0n) is 9.32. The monoisotopic (exact) mass is 261 g/mol. The molecule has 94 valence electrons. The van der Waals surface area contributed by atoms with E-state index < -0.39 is 27.4 Å². The van der Waals surface area contributed by atoms with Crippen LogP contribution in [0, 0.1) is 12.7 Å². The fraction of sp³-hybridized carbons (Fsp3) is 0.300. The van der Waals surface area contributed by atoms with Crippen molar-refractivity contribution >= 4 is 16.0 Å². The lowest BCUT2D eigenvalue weighted by molar-refractivity contribution is 0.0696. The third kappa shape index (κ3) is 2.80. The SMILES string of the molecule is CCNS(=O)(=O)c1cc(C(=O)O)cc(F)c1C. The summed E-state index contributed by atoms with van der Waals surface area (Å²) >= 11 is 0. The normalized spacial score (nSPS) is 11.5. The maximum Gasteiger partial charge on any atom is 0.335 e. The number of rotatable bonds is 4. The average molecular weight is 261 g/mol. The van der Waals surface area contributed by atoms with Crippen LogP contribution in [-0.4, -0.2) is 26.0 Å². The van der Waals surface area contributed by atoms with Gasteiger partial charge in [-0.1, -0.05) is 6.92 Å². The second-order valence-corrected chi connectivity index (χ2v) is 5.12. The summed E-state index contributed by atoms with van der Waals surface area (Å²) in [5, 5.41) is 8.74. The summed E-state index contributed by atoms with van der Waals surface area (Å²) < 4.78 is 39.0. The minimum Gasteiger partial charge on any atom is -0.478 e. The Hall–Kier alpha value is -1.47. The molecule has 1 aromatic rings. The van der Waals surface area contributed by atoms with Crippen LogP contribution in [0.5, 0.6) is 0 Å². The zero-order chi connectivity index (χ0) is 13.2. The largest absolute Gasteiger partial charge is 0.478 e. The number of carbonyl (C=O) groups is 1. The van der Waals surface area contributed by atoms with Gasteiger partial charge in [-0.05, 0) is 19.1 Å². The van der Waals surface area contributed by atoms with E-state index >= 15 is 0 Å². The quantitative estimate of drug-likeness (QED) is 0.851. The summed E-state index contributed by atoms with van der Waals surface area (Å²) in [6.45, 7) is 3.00. The molecule has 0 saturated carbocycles. The van der Waals surface area contributed by atoms with Crippen LogP contribution in [0.2, 0.25) is 0 Å². The summed E-state index contributed by atoms with van der Waals surface area (Å²) in [6.07, 6.45) is 0. The molecule has 2 N–H and O–H groups in total. The first-order chi connectivity index (χ1) is 7.79. The number of sulfonamides is 1. The molecule has 0 atom stereocenters. The van der Waals surface area contributed by atoms with Gasteiger partial charge in [-0.15, -0.1) is 0 Å². The molecule has 0 aliphatic carbocycles. The van der Waals surface area contributed by atoms with E-state index in [1.165, 1.54) is 6.92 Å². The molecule has 17 heavy (non-hydrogen) atoms. The fourth-order valence-corrected chi connectivity index (χ4v) is 2.64. The van der Waals surface area contributed by atoms with E-state index in [1.54, 1.807) is 6.92 Å². The van der Waals surface area contributed by atoms with Crippen LogP contribution in [-0.2, 0) is 10.0 Å². The number of halogens is 1. The summed E-state index contributed by atoms with van der Waals surface area (Å²) in [5.41, 5.74) is -0.500. The zero-order valence-corrected chi connectivity index (χ0v) is 10.1. The Morgan fingerprint density at radius 3 is 2.53 bits per heavy atom. The second kappa shape index (κ2) is 4.80. The van der Waals surface area contributed by atoms with Crippen molar-refractivity contribution in [3.05, 3.63) is 29.1 Å². The van der Waals surface area contributed by atoms with Crippen LogP contribution in [0.3, 0.4) is 0 Å². The molecule has 0 saturated heterocycles. The smallest absolute Gasteiger partial charge is 0.335 e. The molecule has 0 radical (unpaired) electrons. The van der Waals surface area contributed by atoms with Crippen molar-refractivity contribution in [3.63, 3.8) is 0 Å². The molecule has 1 aromatic carbocycles. The second-order valence-electron chi connectivity index (χ2n) is 3.39. The number of carboxylic acids is 1. The van der Waals surface area contributed by atoms with Gasteiger partial charge in [0.05, 0.1) is 10.5 Å². The fourth-order valence-electron chi connectivity index (χ4n) is 1.32. The van der Waals surface area contributed by atoms with Crippen molar-refractivity contribution < 1.29 is 22.7 Å². The Balaban J connectivity index is 3.48. The minimum absolute atomic E-state index is 0.101. The van der Waals surface area contributed by atoms with Crippen LogP contribution in [0.4, 0.5) is 4.39 Å². The Morgan fingerprint density at radius 1 is 1.47 bits per heavy atom. The third-order valence-corrected chi connectivity index (χ3v) is 3.84. The van der Waals surface area contributed by atoms with Crippen molar-refractivity contribution in [2.24, 2.45) is 0 Å². The van der Waals surface area contributed by atoms with Crippen molar-refractivity contribution in [1.29, 1.82) is 0 Å². The molecular formula is C10H12FNO4S. The Bertz CT molecular complexity index is 554. The summed E-state index contributed by atoms with van der Waals surface area (Å²) in [4.78, 5) is 10.4. The van der Waals surface area contributed by atoms with E-state index in [1.807, 2.05) is 0 Å². The van der Waals surface area contributed by atoms with E-state index in [0.29, 0.717) is 0 Å². The lowest BCUT2D eigenvalue weighted by atomic mass is 10.1. The summed E-state index contributed by atoms with van der Waals surface area (Å²) in [5.74, 6) is -2.24. The van der Waals surface area contributed by atoms with Crippen LogP contribution >= 0.6 is 0 Å². The van der Waals surface area contributed by atoms with Crippen molar-refractivity contribution in [1.82, 2.24) is 4.72 Å². The van der Waals surface area contributed by atoms with Gasteiger partial charge in [-0.2, -0.15) is 0 Å². The van der Waals surface area contributed by atoms with Crippen LogP contribution in [0.1, 0.15) is 22.8 Å². The summed E-state index contributed by atoms with van der Waals surface area (Å²) in [6, 6.07) is 1.74. The van der Waals surface area contributed by atoms with Gasteiger partial charge in [-0.25, -0.2) is 22.3 Å². The van der Waals surface area contributed by atoms with Gasteiger partial charge in [0.2, 0.25) is 10.0 Å². The molecule has 0 unspecified atom stereocenters. The predicted molar refractivity (Wildman–Crippen MR) is 59.0 cm³/mol. The minimum atomic E-state index is -3.87. The molecular weight excluding hydrogens is 249 g/mol. The van der Waals surface area contributed by atoms with Crippen LogP contribution < -0.4 is 4.72 Å². The van der Waals surface area contributed by atoms with Gasteiger partial charge in [0, 0.05) is 12.1 Å². The highest BCUT2D eigenvalue weighted by Crippen LogP contribution is 2.20. The van der Waals surface area contributed by atoms with Crippen molar-refractivity contribution in [2.45, 2.75) is 18.7 Å². The highest BCUT2D eigenvalue weighted by Gasteiger charge is 2.21.